The van der Waals surface area contributed by atoms with Crippen molar-refractivity contribution in [2.75, 3.05) is 20.8 Å². The summed E-state index contributed by atoms with van der Waals surface area (Å²) in [4.78, 5) is 19.6. The number of hydrogen-bond acceptors (Lipinski definition) is 6. The number of nitrogens with zero attached hydrogens (tertiary/aromatic N) is 3. The lowest BCUT2D eigenvalue weighted by atomic mass is 10.1. The van der Waals surface area contributed by atoms with Crippen LogP contribution in [-0.2, 0) is 13.0 Å². The fourth-order valence-corrected chi connectivity index (χ4v) is 3.61. The average Bonchev–Trinajstić information content (AvgIpc) is 3.36. The van der Waals surface area contributed by atoms with E-state index in [1.165, 1.54) is 0 Å². The summed E-state index contributed by atoms with van der Waals surface area (Å²) in [6.45, 7) is 2.93. The molecule has 0 N–H and O–H groups in total. The second-order valence-electron chi connectivity index (χ2n) is 7.91. The topological polar surface area (TPSA) is 77.7 Å². The predicted molar refractivity (Wildman–Crippen MR) is 129 cm³/mol. The van der Waals surface area contributed by atoms with Crippen molar-refractivity contribution in [1.82, 2.24) is 15.0 Å². The molecule has 34 heavy (non-hydrogen) atoms. The van der Waals surface area contributed by atoms with E-state index >= 15 is 0 Å². The lowest BCUT2D eigenvalue weighted by molar-refractivity contribution is 0.0741. The summed E-state index contributed by atoms with van der Waals surface area (Å²) in [6, 6.07) is 23.0. The summed E-state index contributed by atoms with van der Waals surface area (Å²) in [7, 11) is 3.17. The maximum atomic E-state index is 13.3. The molecule has 0 saturated heterocycles. The Kier molecular flexibility index (Phi) is 7.22. The van der Waals surface area contributed by atoms with Crippen LogP contribution in [0.1, 0.15) is 27.4 Å². The number of carbonyl (C=O) groups is 1. The Morgan fingerprint density at radius 3 is 2.38 bits per heavy atom. The van der Waals surface area contributed by atoms with Gasteiger partial charge in [0.1, 0.15) is 0 Å². The lowest BCUT2D eigenvalue weighted by Crippen LogP contribution is -2.32. The molecule has 7 nitrogen and oxygen atoms in total. The fraction of sp³-hybridized carbons (Fsp3) is 0.222. The number of rotatable bonds is 9. The third-order valence-electron chi connectivity index (χ3n) is 5.51. The summed E-state index contributed by atoms with van der Waals surface area (Å²) in [5.41, 5.74) is 3.57. The molecule has 0 aliphatic carbocycles. The zero-order chi connectivity index (χ0) is 23.9. The van der Waals surface area contributed by atoms with Crippen molar-refractivity contribution in [2.24, 2.45) is 0 Å². The van der Waals surface area contributed by atoms with Crippen molar-refractivity contribution < 1.29 is 18.8 Å². The van der Waals surface area contributed by atoms with Gasteiger partial charge in [-0.25, -0.2) is 0 Å². The molecule has 0 aliphatic heterocycles. The molecule has 0 unspecified atom stereocenters. The Hall–Kier alpha value is -4.13. The van der Waals surface area contributed by atoms with E-state index in [4.69, 9.17) is 14.0 Å². The molecule has 0 fully saturated rings. The van der Waals surface area contributed by atoms with Crippen LogP contribution in [0.25, 0.3) is 11.4 Å². The van der Waals surface area contributed by atoms with Gasteiger partial charge in [-0.2, -0.15) is 4.98 Å². The van der Waals surface area contributed by atoms with Crippen LogP contribution in [0.2, 0.25) is 0 Å². The van der Waals surface area contributed by atoms with Crippen molar-refractivity contribution in [3.8, 4) is 22.9 Å². The molecule has 4 rings (SSSR count). The highest BCUT2D eigenvalue weighted by molar-refractivity contribution is 5.94. The molecule has 0 radical (unpaired) electrons. The normalized spacial score (nSPS) is 10.7. The smallest absolute Gasteiger partial charge is 0.254 e. The van der Waals surface area contributed by atoms with Crippen LogP contribution >= 0.6 is 0 Å². The maximum Gasteiger partial charge on any atom is 0.254 e. The fourth-order valence-electron chi connectivity index (χ4n) is 3.61. The minimum atomic E-state index is -0.0384. The minimum Gasteiger partial charge on any atom is -0.493 e. The van der Waals surface area contributed by atoms with Crippen molar-refractivity contribution in [1.29, 1.82) is 0 Å². The van der Waals surface area contributed by atoms with E-state index in [-0.39, 0.29) is 5.91 Å². The van der Waals surface area contributed by atoms with Gasteiger partial charge in [0.05, 0.1) is 14.2 Å². The summed E-state index contributed by atoms with van der Waals surface area (Å²) in [5, 5.41) is 4.11. The van der Waals surface area contributed by atoms with Gasteiger partial charge in [0, 0.05) is 30.6 Å². The van der Waals surface area contributed by atoms with Gasteiger partial charge in [0.15, 0.2) is 11.5 Å². The van der Waals surface area contributed by atoms with Crippen LogP contribution in [0.5, 0.6) is 11.5 Å². The first-order valence-electron chi connectivity index (χ1n) is 11.0. The highest BCUT2D eigenvalue weighted by Crippen LogP contribution is 2.31. The van der Waals surface area contributed by atoms with Gasteiger partial charge in [-0.1, -0.05) is 53.2 Å². The van der Waals surface area contributed by atoms with E-state index in [1.807, 2.05) is 67.6 Å². The first kappa shape index (κ1) is 23.0. The number of ether oxygens (including phenoxy) is 2. The van der Waals surface area contributed by atoms with E-state index in [0.717, 1.165) is 16.7 Å². The van der Waals surface area contributed by atoms with Crippen molar-refractivity contribution in [3.05, 3.63) is 95.4 Å². The van der Waals surface area contributed by atoms with E-state index in [1.54, 1.807) is 31.3 Å². The Labute approximate surface area is 198 Å². The van der Waals surface area contributed by atoms with Gasteiger partial charge in [0.25, 0.3) is 5.91 Å². The molecule has 0 aliphatic rings. The summed E-state index contributed by atoms with van der Waals surface area (Å²) in [5.74, 6) is 2.09. The lowest BCUT2D eigenvalue weighted by Gasteiger charge is -2.22. The highest BCUT2D eigenvalue weighted by atomic mass is 16.5. The molecule has 4 aromatic rings. The molecule has 0 spiro atoms. The van der Waals surface area contributed by atoms with Gasteiger partial charge >= 0.3 is 0 Å². The highest BCUT2D eigenvalue weighted by Gasteiger charge is 2.18. The van der Waals surface area contributed by atoms with E-state index in [0.29, 0.717) is 48.3 Å². The quantitative estimate of drug-likeness (QED) is 0.354. The molecule has 7 heteroatoms. The van der Waals surface area contributed by atoms with Crippen molar-refractivity contribution >= 4 is 5.91 Å². The van der Waals surface area contributed by atoms with Crippen LogP contribution in [-0.4, -0.2) is 41.7 Å². The zero-order valence-electron chi connectivity index (χ0n) is 19.5. The van der Waals surface area contributed by atoms with Crippen LogP contribution in [0.15, 0.2) is 77.3 Å². The van der Waals surface area contributed by atoms with Gasteiger partial charge in [-0.3, -0.25) is 4.79 Å². The molecule has 1 amide bonds. The molecule has 1 heterocycles. The van der Waals surface area contributed by atoms with E-state index in [2.05, 4.69) is 10.1 Å². The number of benzene rings is 3. The van der Waals surface area contributed by atoms with Crippen molar-refractivity contribution in [2.45, 2.75) is 19.9 Å². The average molecular weight is 458 g/mol. The molecule has 0 bridgehead atoms. The van der Waals surface area contributed by atoms with Crippen LogP contribution in [0.4, 0.5) is 0 Å². The Morgan fingerprint density at radius 1 is 0.941 bits per heavy atom. The maximum absolute atomic E-state index is 13.3. The molecule has 0 atom stereocenters. The third kappa shape index (κ3) is 5.43. The number of aromatic nitrogens is 2. The second kappa shape index (κ2) is 10.7. The van der Waals surface area contributed by atoms with Crippen LogP contribution in [0.3, 0.4) is 0 Å². The number of hydrogen-bond donors (Lipinski definition) is 0. The molecule has 174 valence electrons. The predicted octanol–water partition coefficient (Wildman–Crippen LogP) is 4.95. The standard InChI is InChI=1S/C27H27N3O4/c1-19-9-11-21(12-10-19)27(31)30(18-20-7-5-4-6-8-20)16-15-25-28-26(29-34-25)22-13-14-23(32-2)24(17-22)33-3/h4-14,17H,15-16,18H2,1-3H3. The molecular formula is C27H27N3O4. The zero-order valence-corrected chi connectivity index (χ0v) is 19.5. The first-order chi connectivity index (χ1) is 16.6. The first-order valence-corrected chi connectivity index (χ1v) is 11.0. The summed E-state index contributed by atoms with van der Waals surface area (Å²) in [6.07, 6.45) is 0.435. The number of methoxy groups -OCH3 is 2. The third-order valence-corrected chi connectivity index (χ3v) is 5.51. The Balaban J connectivity index is 1.51. The second-order valence-corrected chi connectivity index (χ2v) is 7.91. The number of aryl methyl sites for hydroxylation is 1. The number of amides is 1. The molecule has 0 saturated carbocycles. The Morgan fingerprint density at radius 2 is 1.68 bits per heavy atom. The van der Waals surface area contributed by atoms with E-state index < -0.39 is 0 Å². The van der Waals surface area contributed by atoms with Crippen LogP contribution < -0.4 is 9.47 Å². The molecule has 1 aromatic heterocycles. The summed E-state index contributed by atoms with van der Waals surface area (Å²) >= 11 is 0. The van der Waals surface area contributed by atoms with Crippen molar-refractivity contribution in [3.63, 3.8) is 0 Å². The van der Waals surface area contributed by atoms with E-state index in [9.17, 15) is 4.79 Å². The van der Waals surface area contributed by atoms with Gasteiger partial charge < -0.3 is 18.9 Å². The monoisotopic (exact) mass is 457 g/mol. The van der Waals surface area contributed by atoms with Gasteiger partial charge in [-0.05, 0) is 42.8 Å². The Bertz CT molecular complexity index is 1240. The largest absolute Gasteiger partial charge is 0.493 e. The van der Waals surface area contributed by atoms with Gasteiger partial charge in [-0.15, -0.1) is 0 Å². The summed E-state index contributed by atoms with van der Waals surface area (Å²) < 4.78 is 16.1. The number of carbonyl (C=O) groups excluding carboxylic acids is 1. The SMILES string of the molecule is COc1ccc(-c2noc(CCN(Cc3ccccc3)C(=O)c3ccc(C)cc3)n2)cc1OC. The molecular weight excluding hydrogens is 430 g/mol. The molecule has 3 aromatic carbocycles. The van der Waals surface area contributed by atoms with Gasteiger partial charge in [0.2, 0.25) is 11.7 Å². The van der Waals surface area contributed by atoms with Crippen LogP contribution in [0, 0.1) is 6.92 Å². The minimum absolute atomic E-state index is 0.0384.